The maximum atomic E-state index is 11.3. The Morgan fingerprint density at radius 2 is 2.44 bits per heavy atom. The van der Waals surface area contributed by atoms with Gasteiger partial charge in [-0.05, 0) is 6.42 Å². The van der Waals surface area contributed by atoms with E-state index in [1.165, 1.54) is 0 Å². The van der Waals surface area contributed by atoms with Gasteiger partial charge in [-0.25, -0.2) is 4.79 Å². The highest BCUT2D eigenvalue weighted by atomic mass is 16.6. The van der Waals surface area contributed by atoms with Crippen LogP contribution >= 0.6 is 0 Å². The van der Waals surface area contributed by atoms with Gasteiger partial charge < -0.3 is 19.5 Å². The Morgan fingerprint density at radius 3 is 3.06 bits per heavy atom. The van der Waals surface area contributed by atoms with Crippen molar-refractivity contribution in [1.29, 1.82) is 0 Å². The molecule has 1 amide bonds. The van der Waals surface area contributed by atoms with E-state index in [4.69, 9.17) is 14.6 Å². The van der Waals surface area contributed by atoms with Gasteiger partial charge in [0, 0.05) is 32.5 Å². The second-order valence-corrected chi connectivity index (χ2v) is 3.81. The predicted octanol–water partition coefficient (Wildman–Crippen LogP) is 0.566. The lowest BCUT2D eigenvalue weighted by molar-refractivity contribution is -0.137. The zero-order valence-corrected chi connectivity index (χ0v) is 9.35. The zero-order chi connectivity index (χ0) is 12.0. The molecule has 1 heterocycles. The Morgan fingerprint density at radius 1 is 1.69 bits per heavy atom. The van der Waals surface area contributed by atoms with Crippen molar-refractivity contribution in [2.75, 3.05) is 33.4 Å². The molecule has 0 saturated carbocycles. The van der Waals surface area contributed by atoms with E-state index >= 15 is 0 Å². The fourth-order valence-electron chi connectivity index (χ4n) is 1.61. The van der Waals surface area contributed by atoms with E-state index < -0.39 is 5.97 Å². The molecule has 1 fully saturated rings. The van der Waals surface area contributed by atoms with Crippen molar-refractivity contribution in [2.24, 2.45) is 5.92 Å². The monoisotopic (exact) mass is 231 g/mol. The Hall–Kier alpha value is -1.30. The second-order valence-electron chi connectivity index (χ2n) is 3.81. The number of carboxylic acids is 1. The lowest BCUT2D eigenvalue weighted by atomic mass is 10.0. The van der Waals surface area contributed by atoms with Gasteiger partial charge in [0.2, 0.25) is 0 Å². The maximum absolute atomic E-state index is 11.3. The molecule has 6 heteroatoms. The van der Waals surface area contributed by atoms with Crippen molar-refractivity contribution < 1.29 is 24.2 Å². The summed E-state index contributed by atoms with van der Waals surface area (Å²) in [7, 11) is 1.57. The Bertz CT molecular complexity index is 256. The summed E-state index contributed by atoms with van der Waals surface area (Å²) in [6, 6.07) is 0. The van der Waals surface area contributed by atoms with Crippen LogP contribution in [0.5, 0.6) is 0 Å². The van der Waals surface area contributed by atoms with Crippen LogP contribution in [-0.2, 0) is 14.3 Å². The molecule has 0 aromatic heterocycles. The van der Waals surface area contributed by atoms with Crippen molar-refractivity contribution in [2.45, 2.75) is 12.8 Å². The van der Waals surface area contributed by atoms with E-state index in [0.717, 1.165) is 0 Å². The number of carbonyl (C=O) groups excluding carboxylic acids is 1. The third-order valence-corrected chi connectivity index (χ3v) is 2.51. The molecule has 0 aromatic rings. The quantitative estimate of drug-likeness (QED) is 0.723. The van der Waals surface area contributed by atoms with Gasteiger partial charge in [0.1, 0.15) is 0 Å². The van der Waals surface area contributed by atoms with E-state index in [1.54, 1.807) is 12.0 Å². The highest BCUT2D eigenvalue weighted by molar-refractivity contribution is 5.68. The van der Waals surface area contributed by atoms with Crippen LogP contribution in [0.15, 0.2) is 0 Å². The molecule has 0 bridgehead atoms. The highest BCUT2D eigenvalue weighted by Gasteiger charge is 2.26. The van der Waals surface area contributed by atoms with Crippen molar-refractivity contribution >= 4 is 12.1 Å². The number of carbonyl (C=O) groups is 2. The fourth-order valence-corrected chi connectivity index (χ4v) is 1.61. The molecule has 92 valence electrons. The minimum atomic E-state index is -0.819. The number of carboxylic acid groups (broad SMARTS) is 1. The van der Waals surface area contributed by atoms with E-state index in [9.17, 15) is 9.59 Å². The Kier molecular flexibility index (Phi) is 5.04. The molecule has 16 heavy (non-hydrogen) atoms. The van der Waals surface area contributed by atoms with Crippen LogP contribution in [0.4, 0.5) is 4.79 Å². The molecule has 1 atom stereocenters. The first-order valence-electron chi connectivity index (χ1n) is 5.26. The van der Waals surface area contributed by atoms with E-state index in [-0.39, 0.29) is 18.4 Å². The fraction of sp³-hybridized carbons (Fsp3) is 0.800. The first-order chi connectivity index (χ1) is 7.63. The molecule has 1 saturated heterocycles. The van der Waals surface area contributed by atoms with Crippen molar-refractivity contribution in [1.82, 2.24) is 4.90 Å². The third kappa shape index (κ3) is 4.06. The molecule has 6 nitrogen and oxygen atoms in total. The summed E-state index contributed by atoms with van der Waals surface area (Å²) >= 11 is 0. The number of rotatable bonds is 6. The number of methoxy groups -OCH3 is 1. The van der Waals surface area contributed by atoms with Gasteiger partial charge in [-0.1, -0.05) is 0 Å². The summed E-state index contributed by atoms with van der Waals surface area (Å²) in [5.74, 6) is -0.717. The van der Waals surface area contributed by atoms with Gasteiger partial charge in [0.05, 0.1) is 13.2 Å². The summed E-state index contributed by atoms with van der Waals surface area (Å²) in [5.41, 5.74) is 0. The van der Waals surface area contributed by atoms with Crippen molar-refractivity contribution in [3.63, 3.8) is 0 Å². The molecule has 0 aliphatic carbocycles. The maximum Gasteiger partial charge on any atom is 0.409 e. The SMILES string of the molecule is COCCN1CC(CCC(=O)O)COC1=O. The molecule has 1 N–H and O–H groups in total. The van der Waals surface area contributed by atoms with Crippen LogP contribution < -0.4 is 0 Å². The number of hydrogen-bond donors (Lipinski definition) is 1. The van der Waals surface area contributed by atoms with Crippen LogP contribution in [-0.4, -0.2) is 55.5 Å². The zero-order valence-electron chi connectivity index (χ0n) is 9.35. The molecular weight excluding hydrogens is 214 g/mol. The predicted molar refractivity (Wildman–Crippen MR) is 55.2 cm³/mol. The largest absolute Gasteiger partial charge is 0.481 e. The number of hydrogen-bond acceptors (Lipinski definition) is 4. The lowest BCUT2D eigenvalue weighted by Crippen LogP contribution is -2.44. The highest BCUT2D eigenvalue weighted by Crippen LogP contribution is 2.15. The first kappa shape index (κ1) is 12.8. The minimum Gasteiger partial charge on any atom is -0.481 e. The van der Waals surface area contributed by atoms with Crippen LogP contribution in [0.1, 0.15) is 12.8 Å². The number of amides is 1. The Labute approximate surface area is 94.1 Å². The summed E-state index contributed by atoms with van der Waals surface area (Å²) in [6.45, 7) is 1.81. The molecule has 1 aliphatic rings. The molecule has 1 aliphatic heterocycles. The number of aliphatic carboxylic acids is 1. The van der Waals surface area contributed by atoms with Gasteiger partial charge in [-0.2, -0.15) is 0 Å². The molecule has 1 rings (SSSR count). The molecule has 0 spiro atoms. The van der Waals surface area contributed by atoms with Crippen LogP contribution in [0.3, 0.4) is 0 Å². The number of nitrogens with zero attached hydrogens (tertiary/aromatic N) is 1. The molecular formula is C10H17NO5. The summed E-state index contributed by atoms with van der Waals surface area (Å²) in [5, 5.41) is 8.56. The van der Waals surface area contributed by atoms with Crippen LogP contribution in [0, 0.1) is 5.92 Å². The molecule has 0 aromatic carbocycles. The summed E-state index contributed by atoms with van der Waals surface area (Å²) in [4.78, 5) is 23.3. The third-order valence-electron chi connectivity index (χ3n) is 2.51. The standard InChI is InChI=1S/C10H17NO5/c1-15-5-4-11-6-8(2-3-9(12)13)7-16-10(11)14/h8H,2-7H2,1H3,(H,12,13). The smallest absolute Gasteiger partial charge is 0.409 e. The topological polar surface area (TPSA) is 76.1 Å². The minimum absolute atomic E-state index is 0.102. The molecule has 1 unspecified atom stereocenters. The van der Waals surface area contributed by atoms with Crippen molar-refractivity contribution in [3.8, 4) is 0 Å². The van der Waals surface area contributed by atoms with Gasteiger partial charge >= 0.3 is 12.1 Å². The van der Waals surface area contributed by atoms with Gasteiger partial charge in [0.15, 0.2) is 0 Å². The summed E-state index contributed by atoms with van der Waals surface area (Å²) in [6.07, 6.45) is 0.301. The average Bonchev–Trinajstić information content (AvgIpc) is 2.26. The number of ether oxygens (including phenoxy) is 2. The van der Waals surface area contributed by atoms with E-state index in [0.29, 0.717) is 32.7 Å². The van der Waals surface area contributed by atoms with Crippen LogP contribution in [0.2, 0.25) is 0 Å². The normalized spacial score (nSPS) is 20.7. The van der Waals surface area contributed by atoms with Crippen LogP contribution in [0.25, 0.3) is 0 Å². The second kappa shape index (κ2) is 6.32. The van der Waals surface area contributed by atoms with Gasteiger partial charge in [-0.3, -0.25) is 4.79 Å². The van der Waals surface area contributed by atoms with Crippen molar-refractivity contribution in [3.05, 3.63) is 0 Å². The number of cyclic esters (lactones) is 1. The van der Waals surface area contributed by atoms with E-state index in [2.05, 4.69) is 0 Å². The summed E-state index contributed by atoms with van der Waals surface area (Å²) < 4.78 is 9.85. The first-order valence-corrected chi connectivity index (χ1v) is 5.26. The average molecular weight is 231 g/mol. The van der Waals surface area contributed by atoms with Gasteiger partial charge in [0.25, 0.3) is 0 Å². The van der Waals surface area contributed by atoms with E-state index in [1.807, 2.05) is 0 Å². The molecule has 0 radical (unpaired) electrons. The van der Waals surface area contributed by atoms with Gasteiger partial charge in [-0.15, -0.1) is 0 Å². The Balaban J connectivity index is 2.34. The lowest BCUT2D eigenvalue weighted by Gasteiger charge is -2.31.